The van der Waals surface area contributed by atoms with Gasteiger partial charge in [-0.2, -0.15) is 0 Å². The van der Waals surface area contributed by atoms with Gasteiger partial charge in [-0.05, 0) is 52.8 Å². The van der Waals surface area contributed by atoms with E-state index in [0.717, 1.165) is 0 Å². The molecule has 0 saturated heterocycles. The summed E-state index contributed by atoms with van der Waals surface area (Å²) in [5.74, 6) is 0. The molecule has 0 aromatic heterocycles. The minimum absolute atomic E-state index is 1.27. The Bertz CT molecular complexity index is 899. The molecular formula is C23H19. The Morgan fingerprint density at radius 2 is 1.39 bits per heavy atom. The summed E-state index contributed by atoms with van der Waals surface area (Å²) in [6, 6.07) is 23.8. The van der Waals surface area contributed by atoms with E-state index in [0.29, 0.717) is 0 Å². The van der Waals surface area contributed by atoms with Crippen LogP contribution in [0.15, 0.2) is 72.3 Å². The average molecular weight is 295 g/mol. The number of benzene rings is 3. The zero-order valence-electron chi connectivity index (χ0n) is 13.5. The van der Waals surface area contributed by atoms with Crippen molar-refractivity contribution in [1.82, 2.24) is 0 Å². The molecule has 3 aromatic carbocycles. The average Bonchev–Trinajstić information content (AvgIpc) is 2.96. The first-order valence-electron chi connectivity index (χ1n) is 8.05. The lowest BCUT2D eigenvalue weighted by molar-refractivity contribution is 1.42. The van der Waals surface area contributed by atoms with Crippen molar-refractivity contribution in [1.29, 1.82) is 0 Å². The van der Waals surface area contributed by atoms with Gasteiger partial charge < -0.3 is 0 Å². The zero-order valence-corrected chi connectivity index (χ0v) is 13.5. The summed E-state index contributed by atoms with van der Waals surface area (Å²) >= 11 is 0. The van der Waals surface area contributed by atoms with E-state index in [4.69, 9.17) is 0 Å². The van der Waals surface area contributed by atoms with Crippen molar-refractivity contribution in [2.24, 2.45) is 0 Å². The highest BCUT2D eigenvalue weighted by Gasteiger charge is 2.19. The van der Waals surface area contributed by atoms with E-state index >= 15 is 0 Å². The van der Waals surface area contributed by atoms with Crippen molar-refractivity contribution >= 4 is 6.08 Å². The van der Waals surface area contributed by atoms with Gasteiger partial charge in [0.05, 0.1) is 0 Å². The fraction of sp³-hybridized carbons (Fsp3) is 0.0870. The van der Waals surface area contributed by atoms with Crippen LogP contribution in [-0.4, -0.2) is 0 Å². The van der Waals surface area contributed by atoms with E-state index in [9.17, 15) is 0 Å². The molecule has 0 amide bonds. The molecule has 0 aliphatic heterocycles. The van der Waals surface area contributed by atoms with E-state index in [1.807, 2.05) is 0 Å². The Labute approximate surface area is 138 Å². The van der Waals surface area contributed by atoms with Crippen LogP contribution < -0.4 is 0 Å². The standard InChI is InChI=1S/C23H19/c1-16-14-19-12-13-21(18-9-4-3-5-10-18)23(22(19)15-16)20-11-7-6-8-17(20)2/h3-15H,1-2H3. The van der Waals surface area contributed by atoms with Crippen molar-refractivity contribution in [2.75, 3.05) is 0 Å². The highest BCUT2D eigenvalue weighted by Crippen LogP contribution is 2.42. The third-order valence-electron chi connectivity index (χ3n) is 4.53. The fourth-order valence-corrected chi connectivity index (χ4v) is 3.43. The Kier molecular flexibility index (Phi) is 3.38. The lowest BCUT2D eigenvalue weighted by atomic mass is 9.87. The summed E-state index contributed by atoms with van der Waals surface area (Å²) in [6.07, 6.45) is 4.58. The maximum Gasteiger partial charge on any atom is 0.0161 e. The van der Waals surface area contributed by atoms with Gasteiger partial charge in [0.2, 0.25) is 0 Å². The fourth-order valence-electron chi connectivity index (χ4n) is 3.43. The molecule has 0 N–H and O–H groups in total. The van der Waals surface area contributed by atoms with Crippen LogP contribution in [0.1, 0.15) is 23.6 Å². The van der Waals surface area contributed by atoms with Gasteiger partial charge in [0.25, 0.3) is 0 Å². The van der Waals surface area contributed by atoms with E-state index in [1.54, 1.807) is 0 Å². The minimum Gasteiger partial charge on any atom is -0.0642 e. The third kappa shape index (κ3) is 2.41. The number of hydrogen-bond donors (Lipinski definition) is 0. The molecule has 0 nitrogen and oxygen atoms in total. The maximum atomic E-state index is 2.31. The first kappa shape index (κ1) is 14.0. The number of hydrogen-bond acceptors (Lipinski definition) is 0. The predicted molar refractivity (Wildman–Crippen MR) is 99.1 cm³/mol. The molecule has 4 rings (SSSR count). The van der Waals surface area contributed by atoms with Crippen molar-refractivity contribution in [3.63, 3.8) is 0 Å². The highest BCUT2D eigenvalue weighted by molar-refractivity contribution is 5.94. The molecule has 0 heteroatoms. The van der Waals surface area contributed by atoms with Gasteiger partial charge in [-0.25, -0.2) is 0 Å². The van der Waals surface area contributed by atoms with Crippen molar-refractivity contribution in [3.8, 4) is 22.3 Å². The van der Waals surface area contributed by atoms with Crippen LogP contribution in [0.4, 0.5) is 0 Å². The first-order chi connectivity index (χ1) is 11.2. The van der Waals surface area contributed by atoms with Gasteiger partial charge in [0, 0.05) is 6.42 Å². The Balaban J connectivity index is 2.06. The molecule has 1 radical (unpaired) electrons. The van der Waals surface area contributed by atoms with Crippen LogP contribution in [0.3, 0.4) is 0 Å². The van der Waals surface area contributed by atoms with Crippen LogP contribution >= 0.6 is 0 Å². The lowest BCUT2D eigenvalue weighted by Crippen LogP contribution is -1.93. The number of fused-ring (bicyclic) bond motifs is 1. The number of aryl methyl sites for hydroxylation is 1. The maximum absolute atomic E-state index is 2.31. The second-order valence-corrected chi connectivity index (χ2v) is 6.20. The molecular weight excluding hydrogens is 276 g/mol. The molecule has 0 saturated carbocycles. The topological polar surface area (TPSA) is 0 Å². The Hall–Kier alpha value is -2.60. The monoisotopic (exact) mass is 295 g/mol. The summed E-state index contributed by atoms with van der Waals surface area (Å²) in [4.78, 5) is 0. The van der Waals surface area contributed by atoms with Gasteiger partial charge in [-0.15, -0.1) is 0 Å². The normalized spacial score (nSPS) is 12.9. The van der Waals surface area contributed by atoms with Gasteiger partial charge in [-0.1, -0.05) is 78.4 Å². The first-order valence-corrected chi connectivity index (χ1v) is 8.05. The van der Waals surface area contributed by atoms with Crippen molar-refractivity contribution in [3.05, 3.63) is 95.4 Å². The number of rotatable bonds is 2. The van der Waals surface area contributed by atoms with Crippen molar-refractivity contribution in [2.45, 2.75) is 13.8 Å². The second kappa shape index (κ2) is 5.55. The Morgan fingerprint density at radius 1 is 0.652 bits per heavy atom. The molecule has 1 aliphatic rings. The predicted octanol–water partition coefficient (Wildman–Crippen LogP) is 6.30. The molecule has 111 valence electrons. The van der Waals surface area contributed by atoms with Crippen molar-refractivity contribution < 1.29 is 0 Å². The lowest BCUT2D eigenvalue weighted by Gasteiger charge is -2.17. The molecule has 1 aliphatic carbocycles. The molecule has 3 aromatic rings. The van der Waals surface area contributed by atoms with Crippen LogP contribution in [0.5, 0.6) is 0 Å². The summed E-state index contributed by atoms with van der Waals surface area (Å²) in [6.45, 7) is 4.36. The minimum atomic E-state index is 1.27. The smallest absolute Gasteiger partial charge is 0.0161 e. The third-order valence-corrected chi connectivity index (χ3v) is 4.53. The molecule has 23 heavy (non-hydrogen) atoms. The summed E-state index contributed by atoms with van der Waals surface area (Å²) < 4.78 is 0. The highest BCUT2D eigenvalue weighted by atomic mass is 14.2. The van der Waals surface area contributed by atoms with E-state index in [-0.39, 0.29) is 0 Å². The largest absolute Gasteiger partial charge is 0.0642 e. The zero-order chi connectivity index (χ0) is 15.8. The number of allylic oxidation sites excluding steroid dienone is 1. The van der Waals surface area contributed by atoms with Gasteiger partial charge in [0.15, 0.2) is 0 Å². The van der Waals surface area contributed by atoms with E-state index in [1.165, 1.54) is 44.5 Å². The molecule has 0 fully saturated rings. The summed E-state index contributed by atoms with van der Waals surface area (Å²) in [5.41, 5.74) is 10.5. The van der Waals surface area contributed by atoms with Gasteiger partial charge in [-0.3, -0.25) is 0 Å². The summed E-state index contributed by atoms with van der Waals surface area (Å²) in [7, 11) is 0. The molecule has 0 atom stereocenters. The second-order valence-electron chi connectivity index (χ2n) is 6.20. The van der Waals surface area contributed by atoms with E-state index < -0.39 is 0 Å². The van der Waals surface area contributed by atoms with Gasteiger partial charge >= 0.3 is 0 Å². The Morgan fingerprint density at radius 3 is 2.17 bits per heavy atom. The summed E-state index contributed by atoms with van der Waals surface area (Å²) in [5, 5.41) is 0. The van der Waals surface area contributed by atoms with Crippen LogP contribution in [0.25, 0.3) is 28.3 Å². The molecule has 0 bridgehead atoms. The van der Waals surface area contributed by atoms with Gasteiger partial charge in [0.1, 0.15) is 0 Å². The molecule has 0 unspecified atom stereocenters. The van der Waals surface area contributed by atoms with Crippen LogP contribution in [0.2, 0.25) is 0 Å². The van der Waals surface area contributed by atoms with Crippen LogP contribution in [-0.2, 0) is 0 Å². The molecule has 0 heterocycles. The van der Waals surface area contributed by atoms with E-state index in [2.05, 4.69) is 93.1 Å². The van der Waals surface area contributed by atoms with Crippen LogP contribution in [0, 0.1) is 13.3 Å². The quantitative estimate of drug-likeness (QED) is 0.520. The molecule has 0 spiro atoms. The SMILES string of the molecule is CC1=Cc2c(ccc(-c3ccccc3)c2-c2ccccc2C)[CH]1.